The largest absolute Gasteiger partial charge is 0.469 e. The lowest BCUT2D eigenvalue weighted by molar-refractivity contribution is -0.140. The fraction of sp³-hybridized carbons (Fsp3) is 0.273. The molecular formula is C22H22N2O4S. The van der Waals surface area contributed by atoms with Gasteiger partial charge < -0.3 is 4.74 Å². The van der Waals surface area contributed by atoms with E-state index in [1.165, 1.54) is 23.4 Å². The molecule has 0 amide bonds. The number of ether oxygens (including phenoxy) is 1. The van der Waals surface area contributed by atoms with Crippen LogP contribution in [0, 0.1) is 6.92 Å². The number of rotatable bonds is 7. The van der Waals surface area contributed by atoms with Gasteiger partial charge in [0, 0.05) is 12.1 Å². The summed E-state index contributed by atoms with van der Waals surface area (Å²) in [5.41, 5.74) is 2.01. The number of methoxy groups -OCH3 is 1. The van der Waals surface area contributed by atoms with Gasteiger partial charge in [-0.3, -0.25) is 19.0 Å². The van der Waals surface area contributed by atoms with Crippen molar-refractivity contribution < 1.29 is 14.3 Å². The van der Waals surface area contributed by atoms with Crippen molar-refractivity contribution in [2.45, 2.75) is 37.2 Å². The molecule has 0 fully saturated rings. The monoisotopic (exact) mass is 410 g/mol. The van der Waals surface area contributed by atoms with Crippen LogP contribution >= 0.6 is 11.8 Å². The van der Waals surface area contributed by atoms with E-state index in [1.54, 1.807) is 37.3 Å². The van der Waals surface area contributed by atoms with Crippen molar-refractivity contribution in [3.8, 4) is 0 Å². The van der Waals surface area contributed by atoms with Gasteiger partial charge in [0.05, 0.1) is 29.7 Å². The first kappa shape index (κ1) is 20.8. The van der Waals surface area contributed by atoms with Crippen molar-refractivity contribution in [3.05, 3.63) is 70.0 Å². The van der Waals surface area contributed by atoms with Crippen molar-refractivity contribution in [2.75, 3.05) is 7.11 Å². The quantitative estimate of drug-likeness (QED) is 0.256. The second-order valence-corrected chi connectivity index (χ2v) is 7.99. The van der Waals surface area contributed by atoms with Crippen LogP contribution in [0.3, 0.4) is 0 Å². The third-order valence-corrected chi connectivity index (χ3v) is 5.67. The lowest BCUT2D eigenvalue weighted by atomic mass is 10.1. The summed E-state index contributed by atoms with van der Waals surface area (Å²) in [4.78, 5) is 42.0. The predicted molar refractivity (Wildman–Crippen MR) is 113 cm³/mol. The number of hydrogen-bond donors (Lipinski definition) is 0. The van der Waals surface area contributed by atoms with E-state index in [0.717, 1.165) is 5.56 Å². The van der Waals surface area contributed by atoms with E-state index >= 15 is 0 Å². The van der Waals surface area contributed by atoms with E-state index in [0.29, 0.717) is 21.6 Å². The van der Waals surface area contributed by atoms with Crippen LogP contribution in [0.25, 0.3) is 10.9 Å². The van der Waals surface area contributed by atoms with Crippen molar-refractivity contribution >= 4 is 34.4 Å². The van der Waals surface area contributed by atoms with E-state index < -0.39 is 11.2 Å². The first-order chi connectivity index (χ1) is 13.9. The molecule has 0 aliphatic carbocycles. The summed E-state index contributed by atoms with van der Waals surface area (Å²) in [7, 11) is 1.31. The van der Waals surface area contributed by atoms with Gasteiger partial charge in [-0.2, -0.15) is 0 Å². The highest BCUT2D eigenvalue weighted by Crippen LogP contribution is 2.25. The highest BCUT2D eigenvalue weighted by Gasteiger charge is 2.21. The lowest BCUT2D eigenvalue weighted by Gasteiger charge is -2.15. The van der Waals surface area contributed by atoms with Gasteiger partial charge in [-0.05, 0) is 26.0 Å². The van der Waals surface area contributed by atoms with E-state index in [4.69, 9.17) is 4.74 Å². The van der Waals surface area contributed by atoms with Gasteiger partial charge in [0.25, 0.3) is 5.56 Å². The Morgan fingerprint density at radius 2 is 1.83 bits per heavy atom. The Labute approximate surface area is 172 Å². The zero-order valence-electron chi connectivity index (χ0n) is 16.5. The van der Waals surface area contributed by atoms with Crippen LogP contribution in [-0.2, 0) is 16.1 Å². The molecule has 7 heteroatoms. The average molecular weight is 410 g/mol. The van der Waals surface area contributed by atoms with Crippen LogP contribution in [0.4, 0.5) is 0 Å². The van der Waals surface area contributed by atoms with Crippen LogP contribution in [0.15, 0.2) is 58.5 Å². The number of Topliss-reactive ketones (excluding diaryl/α,β-unsaturated/α-hetero) is 1. The number of aryl methyl sites for hydroxylation is 1. The topological polar surface area (TPSA) is 78.3 Å². The number of carbonyl (C=O) groups excluding carboxylic acids is 2. The molecule has 2 aromatic carbocycles. The number of esters is 1. The van der Waals surface area contributed by atoms with Gasteiger partial charge in [0.1, 0.15) is 0 Å². The van der Waals surface area contributed by atoms with Crippen molar-refractivity contribution in [3.63, 3.8) is 0 Å². The zero-order chi connectivity index (χ0) is 21.0. The number of fused-ring (bicyclic) bond motifs is 1. The van der Waals surface area contributed by atoms with Gasteiger partial charge in [-0.25, -0.2) is 4.98 Å². The minimum absolute atomic E-state index is 0.0445. The Morgan fingerprint density at radius 3 is 2.52 bits per heavy atom. The van der Waals surface area contributed by atoms with Gasteiger partial charge in [-0.1, -0.05) is 53.7 Å². The van der Waals surface area contributed by atoms with Gasteiger partial charge in [0.15, 0.2) is 10.9 Å². The molecule has 0 aliphatic rings. The SMILES string of the molecule is COC(=O)CCn1c(S[C@@H](C)C(=O)c2ccc(C)cc2)nc2ccccc2c1=O. The number of benzene rings is 2. The van der Waals surface area contributed by atoms with Gasteiger partial charge in [-0.15, -0.1) is 0 Å². The molecule has 0 saturated heterocycles. The number of ketones is 1. The molecule has 0 spiro atoms. The van der Waals surface area contributed by atoms with E-state index in [9.17, 15) is 14.4 Å². The fourth-order valence-corrected chi connectivity index (χ4v) is 3.92. The highest BCUT2D eigenvalue weighted by atomic mass is 32.2. The number of carbonyl (C=O) groups is 2. The summed E-state index contributed by atoms with van der Waals surface area (Å²) in [6, 6.07) is 14.4. The molecule has 29 heavy (non-hydrogen) atoms. The van der Waals surface area contributed by atoms with E-state index in [-0.39, 0.29) is 24.3 Å². The molecule has 1 atom stereocenters. The summed E-state index contributed by atoms with van der Waals surface area (Å²) in [5, 5.41) is 0.430. The molecule has 0 saturated carbocycles. The van der Waals surface area contributed by atoms with E-state index in [2.05, 4.69) is 4.98 Å². The Kier molecular flexibility index (Phi) is 6.49. The van der Waals surface area contributed by atoms with Gasteiger partial charge >= 0.3 is 5.97 Å². The van der Waals surface area contributed by atoms with Crippen molar-refractivity contribution in [1.82, 2.24) is 9.55 Å². The van der Waals surface area contributed by atoms with Crippen molar-refractivity contribution in [1.29, 1.82) is 0 Å². The van der Waals surface area contributed by atoms with E-state index in [1.807, 2.05) is 25.1 Å². The molecular weight excluding hydrogens is 388 g/mol. The molecule has 0 radical (unpaired) electrons. The second kappa shape index (κ2) is 9.05. The number of nitrogens with zero attached hydrogens (tertiary/aromatic N) is 2. The maximum atomic E-state index is 13.0. The number of aromatic nitrogens is 2. The molecule has 1 heterocycles. The molecule has 1 aromatic heterocycles. The number of thioether (sulfide) groups is 1. The molecule has 0 aliphatic heterocycles. The minimum atomic E-state index is -0.449. The fourth-order valence-electron chi connectivity index (χ4n) is 2.90. The molecule has 0 N–H and O–H groups in total. The number of para-hydroxylation sites is 1. The molecule has 0 unspecified atom stereocenters. The Balaban J connectivity index is 1.95. The normalized spacial score (nSPS) is 12.0. The van der Waals surface area contributed by atoms with Crippen LogP contribution in [0.2, 0.25) is 0 Å². The summed E-state index contributed by atoms with van der Waals surface area (Å²) in [5.74, 6) is -0.457. The maximum Gasteiger partial charge on any atom is 0.307 e. The molecule has 3 rings (SSSR count). The summed E-state index contributed by atoms with van der Waals surface area (Å²) in [6.45, 7) is 3.89. The Bertz CT molecular complexity index is 1110. The highest BCUT2D eigenvalue weighted by molar-refractivity contribution is 8.00. The van der Waals surface area contributed by atoms with Crippen LogP contribution < -0.4 is 5.56 Å². The lowest BCUT2D eigenvalue weighted by Crippen LogP contribution is -2.26. The Morgan fingerprint density at radius 1 is 1.14 bits per heavy atom. The Hall–Kier alpha value is -2.93. The summed E-state index contributed by atoms with van der Waals surface area (Å²) in [6.07, 6.45) is 0.0459. The molecule has 6 nitrogen and oxygen atoms in total. The third kappa shape index (κ3) is 4.74. The smallest absolute Gasteiger partial charge is 0.307 e. The summed E-state index contributed by atoms with van der Waals surface area (Å²) >= 11 is 1.22. The maximum absolute atomic E-state index is 13.0. The average Bonchev–Trinajstić information content (AvgIpc) is 2.73. The zero-order valence-corrected chi connectivity index (χ0v) is 17.4. The summed E-state index contributed by atoms with van der Waals surface area (Å²) < 4.78 is 6.14. The first-order valence-corrected chi connectivity index (χ1v) is 10.1. The van der Waals surface area contributed by atoms with Gasteiger partial charge in [0.2, 0.25) is 0 Å². The molecule has 0 bridgehead atoms. The molecule has 3 aromatic rings. The minimum Gasteiger partial charge on any atom is -0.469 e. The molecule has 150 valence electrons. The first-order valence-electron chi connectivity index (χ1n) is 9.24. The number of hydrogen-bond acceptors (Lipinski definition) is 6. The van der Waals surface area contributed by atoms with Crippen LogP contribution in [0.5, 0.6) is 0 Å². The third-order valence-electron chi connectivity index (χ3n) is 4.58. The van der Waals surface area contributed by atoms with Crippen LogP contribution in [0.1, 0.15) is 29.3 Å². The standard InChI is InChI=1S/C22H22N2O4S/c1-14-8-10-16(11-9-14)20(26)15(2)29-22-23-18-7-5-4-6-17(18)21(27)24(22)13-12-19(25)28-3/h4-11,15H,12-13H2,1-3H3/t15-/m0/s1. The second-order valence-electron chi connectivity index (χ2n) is 6.68. The predicted octanol–water partition coefficient (Wildman–Crippen LogP) is 3.63. The van der Waals surface area contributed by atoms with Crippen LogP contribution in [-0.4, -0.2) is 33.7 Å². The van der Waals surface area contributed by atoms with Crippen molar-refractivity contribution in [2.24, 2.45) is 0 Å².